The normalized spacial score (nSPS) is 23.7. The molecule has 20 heavy (non-hydrogen) atoms. The number of benzene rings is 1. The Morgan fingerprint density at radius 3 is 2.65 bits per heavy atom. The van der Waals surface area contributed by atoms with Gasteiger partial charge < -0.3 is 10.4 Å². The van der Waals surface area contributed by atoms with Gasteiger partial charge >= 0.3 is 5.97 Å². The second kappa shape index (κ2) is 6.89. The first-order valence-electron chi connectivity index (χ1n) is 7.66. The van der Waals surface area contributed by atoms with Crippen molar-refractivity contribution in [1.82, 2.24) is 5.32 Å². The third-order valence-electron chi connectivity index (χ3n) is 4.55. The summed E-state index contributed by atoms with van der Waals surface area (Å²) in [7, 11) is 0. The Morgan fingerprint density at radius 1 is 1.35 bits per heavy atom. The van der Waals surface area contributed by atoms with Crippen LogP contribution in [0.4, 0.5) is 0 Å². The molecule has 0 spiro atoms. The van der Waals surface area contributed by atoms with Gasteiger partial charge in [0.2, 0.25) is 0 Å². The van der Waals surface area contributed by atoms with Crippen LogP contribution in [0.25, 0.3) is 0 Å². The molecule has 0 heterocycles. The monoisotopic (exact) mass is 275 g/mol. The van der Waals surface area contributed by atoms with E-state index in [1.54, 1.807) is 0 Å². The van der Waals surface area contributed by atoms with E-state index in [1.165, 1.54) is 11.1 Å². The van der Waals surface area contributed by atoms with E-state index in [2.05, 4.69) is 43.4 Å². The number of carbonyl (C=O) groups is 1. The van der Waals surface area contributed by atoms with Gasteiger partial charge in [0.05, 0.1) is 5.92 Å². The summed E-state index contributed by atoms with van der Waals surface area (Å²) in [6, 6.07) is 8.95. The number of aryl methyl sites for hydroxylation is 1. The molecule has 1 saturated carbocycles. The molecule has 1 aromatic rings. The first kappa shape index (κ1) is 15.0. The second-order valence-electron chi connectivity index (χ2n) is 5.86. The number of hydrogen-bond donors (Lipinski definition) is 2. The molecule has 3 atom stereocenters. The molecule has 0 amide bonds. The van der Waals surface area contributed by atoms with E-state index in [0.29, 0.717) is 0 Å². The van der Waals surface area contributed by atoms with E-state index >= 15 is 0 Å². The maximum atomic E-state index is 11.2. The van der Waals surface area contributed by atoms with Gasteiger partial charge in [0.1, 0.15) is 0 Å². The predicted octanol–water partition coefficient (Wildman–Crippen LogP) is 3.40. The van der Waals surface area contributed by atoms with E-state index < -0.39 is 5.97 Å². The van der Waals surface area contributed by atoms with Crippen molar-refractivity contribution in [2.75, 3.05) is 6.54 Å². The van der Waals surface area contributed by atoms with Gasteiger partial charge in [0.25, 0.3) is 0 Å². The van der Waals surface area contributed by atoms with Crippen molar-refractivity contribution in [1.29, 1.82) is 0 Å². The maximum absolute atomic E-state index is 11.2. The van der Waals surface area contributed by atoms with Gasteiger partial charge in [-0.3, -0.25) is 4.79 Å². The Bertz CT molecular complexity index is 441. The molecule has 0 aliphatic heterocycles. The summed E-state index contributed by atoms with van der Waals surface area (Å²) in [4.78, 5) is 11.2. The lowest BCUT2D eigenvalue weighted by Gasteiger charge is -2.20. The molecule has 1 aliphatic carbocycles. The number of carboxylic acid groups (broad SMARTS) is 1. The van der Waals surface area contributed by atoms with Crippen LogP contribution in [0.5, 0.6) is 0 Å². The highest BCUT2D eigenvalue weighted by atomic mass is 16.4. The average Bonchev–Trinajstić information content (AvgIpc) is 2.93. The fraction of sp³-hybridized carbons (Fsp3) is 0.588. The molecule has 1 aliphatic rings. The van der Waals surface area contributed by atoms with Crippen molar-refractivity contribution in [2.24, 2.45) is 11.8 Å². The van der Waals surface area contributed by atoms with Crippen LogP contribution in [0.2, 0.25) is 0 Å². The molecule has 0 aromatic heterocycles. The smallest absolute Gasteiger partial charge is 0.306 e. The van der Waals surface area contributed by atoms with Gasteiger partial charge in [0, 0.05) is 6.04 Å². The lowest BCUT2D eigenvalue weighted by Crippen LogP contribution is -2.30. The first-order chi connectivity index (χ1) is 9.61. The topological polar surface area (TPSA) is 49.3 Å². The predicted molar refractivity (Wildman–Crippen MR) is 80.7 cm³/mol. The fourth-order valence-electron chi connectivity index (χ4n) is 3.09. The SMILES string of the molecule is CCc1ccc(C(C)NCC2CCCC2C(=O)O)cc1. The first-order valence-corrected chi connectivity index (χ1v) is 7.66. The van der Waals surface area contributed by atoms with Crippen LogP contribution < -0.4 is 5.32 Å². The third kappa shape index (κ3) is 3.60. The zero-order valence-corrected chi connectivity index (χ0v) is 12.4. The standard InChI is InChI=1S/C17H25NO2/c1-3-13-7-9-14(10-8-13)12(2)18-11-15-5-4-6-16(15)17(19)20/h7-10,12,15-16,18H,3-6,11H2,1-2H3,(H,19,20). The van der Waals surface area contributed by atoms with Crippen LogP contribution in [0.3, 0.4) is 0 Å². The number of carboxylic acids is 1. The second-order valence-corrected chi connectivity index (χ2v) is 5.86. The molecule has 1 fully saturated rings. The molecule has 2 rings (SSSR count). The number of rotatable bonds is 6. The molecule has 3 heteroatoms. The summed E-state index contributed by atoms with van der Waals surface area (Å²) in [5.74, 6) is -0.503. The summed E-state index contributed by atoms with van der Waals surface area (Å²) < 4.78 is 0. The highest BCUT2D eigenvalue weighted by Gasteiger charge is 2.32. The van der Waals surface area contributed by atoms with Crippen molar-refractivity contribution < 1.29 is 9.90 Å². The summed E-state index contributed by atoms with van der Waals surface area (Å²) in [6.45, 7) is 5.10. The van der Waals surface area contributed by atoms with E-state index in [0.717, 1.165) is 32.2 Å². The number of hydrogen-bond acceptors (Lipinski definition) is 2. The minimum atomic E-state index is -0.630. The zero-order chi connectivity index (χ0) is 14.5. The van der Waals surface area contributed by atoms with Crippen LogP contribution in [0, 0.1) is 11.8 Å². The van der Waals surface area contributed by atoms with Crippen LogP contribution in [0.1, 0.15) is 50.3 Å². The van der Waals surface area contributed by atoms with E-state index in [1.807, 2.05) is 0 Å². The van der Waals surface area contributed by atoms with Crippen molar-refractivity contribution in [3.8, 4) is 0 Å². The van der Waals surface area contributed by atoms with E-state index in [-0.39, 0.29) is 17.9 Å². The Balaban J connectivity index is 1.87. The molecule has 0 radical (unpaired) electrons. The molecule has 3 nitrogen and oxygen atoms in total. The summed E-state index contributed by atoms with van der Waals surface area (Å²) in [5.41, 5.74) is 2.62. The molecule has 1 aromatic carbocycles. The van der Waals surface area contributed by atoms with Crippen LogP contribution in [-0.4, -0.2) is 17.6 Å². The van der Waals surface area contributed by atoms with Gasteiger partial charge in [0.15, 0.2) is 0 Å². The Hall–Kier alpha value is -1.35. The Kier molecular flexibility index (Phi) is 5.18. The lowest BCUT2D eigenvalue weighted by atomic mass is 9.95. The van der Waals surface area contributed by atoms with Gasteiger partial charge in [-0.1, -0.05) is 37.6 Å². The van der Waals surface area contributed by atoms with Gasteiger partial charge in [-0.2, -0.15) is 0 Å². The summed E-state index contributed by atoms with van der Waals surface area (Å²) in [5, 5.41) is 12.7. The molecule has 3 unspecified atom stereocenters. The third-order valence-corrected chi connectivity index (χ3v) is 4.55. The average molecular weight is 275 g/mol. The molecule has 110 valence electrons. The Labute approximate surface area is 121 Å². The fourth-order valence-corrected chi connectivity index (χ4v) is 3.09. The Morgan fingerprint density at radius 2 is 2.05 bits per heavy atom. The van der Waals surface area contributed by atoms with Gasteiger partial charge in [-0.15, -0.1) is 0 Å². The zero-order valence-electron chi connectivity index (χ0n) is 12.4. The highest BCUT2D eigenvalue weighted by Crippen LogP contribution is 2.31. The summed E-state index contributed by atoms with van der Waals surface area (Å²) >= 11 is 0. The minimum Gasteiger partial charge on any atom is -0.481 e. The van der Waals surface area contributed by atoms with Crippen molar-refractivity contribution in [2.45, 2.75) is 45.6 Å². The largest absolute Gasteiger partial charge is 0.481 e. The van der Waals surface area contributed by atoms with Crippen LogP contribution >= 0.6 is 0 Å². The van der Waals surface area contributed by atoms with Crippen molar-refractivity contribution in [3.63, 3.8) is 0 Å². The summed E-state index contributed by atoms with van der Waals surface area (Å²) in [6.07, 6.45) is 3.97. The van der Waals surface area contributed by atoms with E-state index in [4.69, 9.17) is 0 Å². The molecular weight excluding hydrogens is 250 g/mol. The van der Waals surface area contributed by atoms with Crippen LogP contribution in [-0.2, 0) is 11.2 Å². The minimum absolute atomic E-state index is 0.155. The van der Waals surface area contributed by atoms with Crippen molar-refractivity contribution >= 4 is 5.97 Å². The molecule has 0 bridgehead atoms. The molecule has 0 saturated heterocycles. The van der Waals surface area contributed by atoms with E-state index in [9.17, 15) is 9.90 Å². The molecular formula is C17H25NO2. The number of aliphatic carboxylic acids is 1. The number of nitrogens with one attached hydrogen (secondary N) is 1. The lowest BCUT2D eigenvalue weighted by molar-refractivity contribution is -0.142. The van der Waals surface area contributed by atoms with Gasteiger partial charge in [-0.25, -0.2) is 0 Å². The molecule has 2 N–H and O–H groups in total. The van der Waals surface area contributed by atoms with Gasteiger partial charge in [-0.05, 0) is 49.8 Å². The van der Waals surface area contributed by atoms with Crippen molar-refractivity contribution in [3.05, 3.63) is 35.4 Å². The maximum Gasteiger partial charge on any atom is 0.306 e. The highest BCUT2D eigenvalue weighted by molar-refractivity contribution is 5.70. The van der Waals surface area contributed by atoms with Crippen LogP contribution in [0.15, 0.2) is 24.3 Å². The quantitative estimate of drug-likeness (QED) is 0.836.